The van der Waals surface area contributed by atoms with Crippen molar-refractivity contribution in [2.75, 3.05) is 20.3 Å². The summed E-state index contributed by atoms with van der Waals surface area (Å²) in [5.74, 6) is -1.35. The summed E-state index contributed by atoms with van der Waals surface area (Å²) in [6, 6.07) is 5.66. The highest BCUT2D eigenvalue weighted by Gasteiger charge is 2.41. The number of carbonyl (C=O) groups is 2. The van der Waals surface area contributed by atoms with Gasteiger partial charge in [-0.1, -0.05) is 12.1 Å². The van der Waals surface area contributed by atoms with Crippen LogP contribution < -0.4 is 5.73 Å². The predicted octanol–water partition coefficient (Wildman–Crippen LogP) is 2.08. The van der Waals surface area contributed by atoms with Gasteiger partial charge < -0.3 is 19.9 Å². The van der Waals surface area contributed by atoms with Crippen molar-refractivity contribution in [3.8, 4) is 0 Å². The molecule has 148 valence electrons. The number of allylic oxidation sites excluding steroid dienone is 2. The number of ketones is 1. The minimum Gasteiger partial charge on any atom is -0.460 e. The third-order valence-corrected chi connectivity index (χ3v) is 4.66. The second-order valence-electron chi connectivity index (χ2n) is 6.40. The highest BCUT2D eigenvalue weighted by molar-refractivity contribution is 6.03. The third kappa shape index (κ3) is 3.74. The van der Waals surface area contributed by atoms with E-state index in [2.05, 4.69) is 0 Å². The van der Waals surface area contributed by atoms with Gasteiger partial charge in [0.2, 0.25) is 5.88 Å². The molecule has 0 radical (unpaired) electrons. The molecule has 0 spiro atoms. The molecule has 1 unspecified atom stereocenters. The van der Waals surface area contributed by atoms with Gasteiger partial charge in [0.1, 0.15) is 17.9 Å². The average molecular weight is 388 g/mol. The van der Waals surface area contributed by atoms with Crippen LogP contribution >= 0.6 is 0 Å². The number of Topliss-reactive ketones (excluding diaryl/α,β-unsaturated/α-hetero) is 1. The Bertz CT molecular complexity index is 871. The van der Waals surface area contributed by atoms with Gasteiger partial charge >= 0.3 is 5.97 Å². The van der Waals surface area contributed by atoms with Crippen molar-refractivity contribution in [2.45, 2.75) is 25.2 Å². The summed E-state index contributed by atoms with van der Waals surface area (Å²) < 4.78 is 15.7. The normalized spacial score (nSPS) is 19.2. The SMILES string of the molecule is COCCOC(=O)C1=C(N)OC2=C(C(=O)CCC2)C1c1ccc([N+](=O)[O-])cc1. The van der Waals surface area contributed by atoms with Gasteiger partial charge in [0, 0.05) is 37.7 Å². The number of methoxy groups -OCH3 is 1. The van der Waals surface area contributed by atoms with Crippen LogP contribution in [0.4, 0.5) is 5.69 Å². The van der Waals surface area contributed by atoms with Crippen LogP contribution in [0.5, 0.6) is 0 Å². The molecule has 1 atom stereocenters. The van der Waals surface area contributed by atoms with Gasteiger partial charge in [-0.15, -0.1) is 0 Å². The van der Waals surface area contributed by atoms with E-state index in [9.17, 15) is 19.7 Å². The van der Waals surface area contributed by atoms with Crippen LogP contribution in [0.2, 0.25) is 0 Å². The van der Waals surface area contributed by atoms with Crippen molar-refractivity contribution in [1.29, 1.82) is 0 Å². The molecular formula is C19H20N2O7. The summed E-state index contributed by atoms with van der Waals surface area (Å²) in [7, 11) is 1.47. The predicted molar refractivity (Wildman–Crippen MR) is 96.9 cm³/mol. The van der Waals surface area contributed by atoms with Gasteiger partial charge in [0.25, 0.3) is 5.69 Å². The topological polar surface area (TPSA) is 131 Å². The highest BCUT2D eigenvalue weighted by atomic mass is 16.6. The number of nitrogens with zero attached hydrogens (tertiary/aromatic N) is 1. The molecule has 0 amide bonds. The lowest BCUT2D eigenvalue weighted by Crippen LogP contribution is -2.31. The van der Waals surface area contributed by atoms with E-state index >= 15 is 0 Å². The van der Waals surface area contributed by atoms with Crippen LogP contribution in [0.15, 0.2) is 47.1 Å². The average Bonchev–Trinajstić information content (AvgIpc) is 2.67. The van der Waals surface area contributed by atoms with E-state index in [-0.39, 0.29) is 36.1 Å². The van der Waals surface area contributed by atoms with Gasteiger partial charge in [-0.3, -0.25) is 14.9 Å². The zero-order chi connectivity index (χ0) is 20.3. The van der Waals surface area contributed by atoms with Gasteiger partial charge in [0.15, 0.2) is 5.78 Å². The molecule has 1 aliphatic heterocycles. The molecule has 0 bridgehead atoms. The largest absolute Gasteiger partial charge is 0.460 e. The van der Waals surface area contributed by atoms with E-state index in [0.717, 1.165) is 0 Å². The summed E-state index contributed by atoms with van der Waals surface area (Å²) >= 11 is 0. The fraction of sp³-hybridized carbons (Fsp3) is 0.368. The number of hydrogen-bond donors (Lipinski definition) is 1. The number of non-ortho nitro benzene ring substituents is 1. The van der Waals surface area contributed by atoms with Crippen LogP contribution in [-0.4, -0.2) is 37.0 Å². The first-order valence-corrected chi connectivity index (χ1v) is 8.78. The molecule has 9 heteroatoms. The van der Waals surface area contributed by atoms with E-state index in [1.807, 2.05) is 0 Å². The zero-order valence-corrected chi connectivity index (χ0v) is 15.3. The lowest BCUT2D eigenvalue weighted by atomic mass is 9.77. The standard InChI is InChI=1S/C19H20N2O7/c1-26-9-10-27-19(23)17-15(11-5-7-12(8-6-11)21(24)25)16-13(22)3-2-4-14(16)28-18(17)20/h5-8,15H,2-4,9-10,20H2,1H3. The van der Waals surface area contributed by atoms with E-state index in [4.69, 9.17) is 19.9 Å². The van der Waals surface area contributed by atoms with E-state index in [1.165, 1.54) is 31.4 Å². The van der Waals surface area contributed by atoms with Crippen molar-refractivity contribution in [1.82, 2.24) is 0 Å². The molecule has 1 aliphatic carbocycles. The van der Waals surface area contributed by atoms with Gasteiger partial charge in [-0.25, -0.2) is 4.79 Å². The Kier molecular flexibility index (Phi) is 5.74. The quantitative estimate of drug-likeness (QED) is 0.339. The molecule has 0 saturated carbocycles. The van der Waals surface area contributed by atoms with Crippen LogP contribution in [0.25, 0.3) is 0 Å². The van der Waals surface area contributed by atoms with Crippen LogP contribution in [0.1, 0.15) is 30.7 Å². The molecule has 1 aromatic carbocycles. The maximum Gasteiger partial charge on any atom is 0.340 e. The molecule has 2 aliphatic rings. The number of ether oxygens (including phenoxy) is 3. The van der Waals surface area contributed by atoms with Crippen LogP contribution in [-0.2, 0) is 23.8 Å². The summed E-state index contributed by atoms with van der Waals surface area (Å²) in [6.07, 6.45) is 1.49. The Labute approximate surface area is 160 Å². The molecule has 0 saturated heterocycles. The number of rotatable bonds is 6. The Morgan fingerprint density at radius 1 is 1.29 bits per heavy atom. The second kappa shape index (κ2) is 8.22. The van der Waals surface area contributed by atoms with E-state index in [1.54, 1.807) is 0 Å². The number of hydrogen-bond acceptors (Lipinski definition) is 8. The third-order valence-electron chi connectivity index (χ3n) is 4.66. The molecule has 1 aromatic rings. The number of nitro benzene ring substituents is 1. The Morgan fingerprint density at radius 2 is 2.00 bits per heavy atom. The molecule has 3 rings (SSSR count). The zero-order valence-electron chi connectivity index (χ0n) is 15.3. The molecule has 28 heavy (non-hydrogen) atoms. The number of benzene rings is 1. The number of esters is 1. The van der Waals surface area contributed by atoms with Crippen molar-refractivity contribution >= 4 is 17.4 Å². The van der Waals surface area contributed by atoms with Crippen molar-refractivity contribution in [3.05, 3.63) is 62.7 Å². The fourth-order valence-corrected chi connectivity index (χ4v) is 3.37. The second-order valence-corrected chi connectivity index (χ2v) is 6.40. The minimum absolute atomic E-state index is 0.0128. The van der Waals surface area contributed by atoms with Crippen molar-refractivity contribution in [2.24, 2.45) is 5.73 Å². The van der Waals surface area contributed by atoms with Crippen molar-refractivity contribution < 1.29 is 28.7 Å². The highest BCUT2D eigenvalue weighted by Crippen LogP contribution is 2.44. The van der Waals surface area contributed by atoms with Gasteiger partial charge in [-0.05, 0) is 12.0 Å². The van der Waals surface area contributed by atoms with E-state index in [0.29, 0.717) is 36.2 Å². The van der Waals surface area contributed by atoms with Crippen molar-refractivity contribution in [3.63, 3.8) is 0 Å². The molecular weight excluding hydrogens is 368 g/mol. The molecule has 0 fully saturated rings. The fourth-order valence-electron chi connectivity index (χ4n) is 3.37. The minimum atomic E-state index is -0.799. The van der Waals surface area contributed by atoms with E-state index < -0.39 is 16.8 Å². The Balaban J connectivity index is 2.04. The Hall–Kier alpha value is -3.20. The number of nitrogens with two attached hydrogens (primary N) is 1. The Morgan fingerprint density at radius 3 is 2.64 bits per heavy atom. The monoisotopic (exact) mass is 388 g/mol. The maximum absolute atomic E-state index is 12.7. The summed E-state index contributed by atoms with van der Waals surface area (Å²) in [5, 5.41) is 10.9. The molecule has 2 N–H and O–H groups in total. The summed E-state index contributed by atoms with van der Waals surface area (Å²) in [6.45, 7) is 0.216. The smallest absolute Gasteiger partial charge is 0.340 e. The lowest BCUT2D eigenvalue weighted by Gasteiger charge is -2.32. The van der Waals surface area contributed by atoms with Gasteiger partial charge in [0.05, 0.1) is 17.4 Å². The number of nitro groups is 1. The molecule has 0 aromatic heterocycles. The van der Waals surface area contributed by atoms with Gasteiger partial charge in [-0.2, -0.15) is 0 Å². The first kappa shape index (κ1) is 19.6. The summed E-state index contributed by atoms with van der Waals surface area (Å²) in [5.41, 5.74) is 6.81. The first-order chi connectivity index (χ1) is 13.4. The molecule has 9 nitrogen and oxygen atoms in total. The van der Waals surface area contributed by atoms with Crippen LogP contribution in [0, 0.1) is 10.1 Å². The summed E-state index contributed by atoms with van der Waals surface area (Å²) in [4.78, 5) is 35.8. The van der Waals surface area contributed by atoms with Crippen LogP contribution in [0.3, 0.4) is 0 Å². The maximum atomic E-state index is 12.7. The lowest BCUT2D eigenvalue weighted by molar-refractivity contribution is -0.384. The molecule has 1 heterocycles. The number of carbonyl (C=O) groups excluding carboxylic acids is 2. The first-order valence-electron chi connectivity index (χ1n) is 8.78.